The third-order valence-corrected chi connectivity index (χ3v) is 5.28. The van der Waals surface area contributed by atoms with E-state index in [1.807, 2.05) is 60.7 Å². The maximum Gasteiger partial charge on any atom is 0.289 e. The maximum absolute atomic E-state index is 13.4. The fourth-order valence-corrected chi connectivity index (χ4v) is 3.70. The van der Waals surface area contributed by atoms with Crippen molar-refractivity contribution >= 4 is 23.5 Å². The smallest absolute Gasteiger partial charge is 0.289 e. The predicted molar refractivity (Wildman–Crippen MR) is 116 cm³/mol. The third kappa shape index (κ3) is 5.78. The molecule has 1 heterocycles. The Hall–Kier alpha value is -3.48. The van der Waals surface area contributed by atoms with Gasteiger partial charge in [-0.2, -0.15) is 0 Å². The SMILES string of the molecule is CCNC(=O)C(=O)C(Cc1ccccc1)N(Cc1ccccc1)C(=O)C1CCC(=O)N1. The van der Waals surface area contributed by atoms with Gasteiger partial charge in [0.2, 0.25) is 17.6 Å². The lowest BCUT2D eigenvalue weighted by molar-refractivity contribution is -0.147. The number of hydrogen-bond donors (Lipinski definition) is 2. The van der Waals surface area contributed by atoms with Crippen molar-refractivity contribution < 1.29 is 19.2 Å². The Bertz CT molecular complexity index is 930. The van der Waals surface area contributed by atoms with E-state index in [1.165, 1.54) is 4.90 Å². The van der Waals surface area contributed by atoms with Crippen LogP contribution in [0.5, 0.6) is 0 Å². The summed E-state index contributed by atoms with van der Waals surface area (Å²) in [6, 6.07) is 16.9. The van der Waals surface area contributed by atoms with Crippen LogP contribution in [0.25, 0.3) is 0 Å². The monoisotopic (exact) mass is 421 g/mol. The molecule has 2 atom stereocenters. The number of benzene rings is 2. The number of carbonyl (C=O) groups excluding carboxylic acids is 4. The van der Waals surface area contributed by atoms with Crippen molar-refractivity contribution in [1.82, 2.24) is 15.5 Å². The molecule has 2 aromatic carbocycles. The average Bonchev–Trinajstić information content (AvgIpc) is 3.23. The minimum atomic E-state index is -0.987. The number of likely N-dealkylation sites (N-methyl/N-ethyl adjacent to an activating group) is 1. The van der Waals surface area contributed by atoms with Crippen LogP contribution in [0.4, 0.5) is 0 Å². The standard InChI is InChI=1S/C24H27N3O4/c1-2-25-23(30)22(29)20(15-17-9-5-3-6-10-17)27(16-18-11-7-4-8-12-18)24(31)19-13-14-21(28)26-19/h3-12,19-20H,2,13-16H2,1H3,(H,25,30)(H,26,28). The molecule has 1 aliphatic heterocycles. The molecule has 1 saturated heterocycles. The van der Waals surface area contributed by atoms with Crippen LogP contribution in [-0.4, -0.2) is 47.0 Å². The van der Waals surface area contributed by atoms with E-state index in [-0.39, 0.29) is 31.2 Å². The first-order valence-electron chi connectivity index (χ1n) is 10.5. The normalized spacial score (nSPS) is 16.3. The molecule has 0 aromatic heterocycles. The quantitative estimate of drug-likeness (QED) is 0.602. The number of Topliss-reactive ketones (excluding diaryl/α,β-unsaturated/α-hetero) is 1. The molecule has 0 bridgehead atoms. The summed E-state index contributed by atoms with van der Waals surface area (Å²) < 4.78 is 0. The highest BCUT2D eigenvalue weighted by atomic mass is 16.2. The van der Waals surface area contributed by atoms with Gasteiger partial charge in [-0.3, -0.25) is 19.2 Å². The summed E-state index contributed by atoms with van der Waals surface area (Å²) in [4.78, 5) is 52.2. The largest absolute Gasteiger partial charge is 0.350 e. The van der Waals surface area contributed by atoms with Crippen LogP contribution in [0.15, 0.2) is 60.7 Å². The molecule has 2 N–H and O–H groups in total. The van der Waals surface area contributed by atoms with Gasteiger partial charge in [-0.1, -0.05) is 60.7 Å². The molecule has 2 unspecified atom stereocenters. The number of nitrogens with zero attached hydrogens (tertiary/aromatic N) is 1. The summed E-state index contributed by atoms with van der Waals surface area (Å²) in [5.41, 5.74) is 1.67. The first-order chi connectivity index (χ1) is 15.0. The lowest BCUT2D eigenvalue weighted by Crippen LogP contribution is -2.54. The lowest BCUT2D eigenvalue weighted by atomic mass is 9.98. The zero-order valence-corrected chi connectivity index (χ0v) is 17.5. The van der Waals surface area contributed by atoms with Gasteiger partial charge in [0, 0.05) is 25.9 Å². The van der Waals surface area contributed by atoms with Gasteiger partial charge in [-0.15, -0.1) is 0 Å². The van der Waals surface area contributed by atoms with Crippen molar-refractivity contribution in [3.63, 3.8) is 0 Å². The molecule has 162 valence electrons. The molecule has 3 amide bonds. The van der Waals surface area contributed by atoms with Gasteiger partial charge >= 0.3 is 0 Å². The fourth-order valence-electron chi connectivity index (χ4n) is 3.70. The Kier molecular flexibility index (Phi) is 7.54. The molecular formula is C24H27N3O4. The first-order valence-corrected chi connectivity index (χ1v) is 10.5. The van der Waals surface area contributed by atoms with Crippen LogP contribution >= 0.6 is 0 Å². The Morgan fingerprint density at radius 3 is 2.19 bits per heavy atom. The van der Waals surface area contributed by atoms with Crippen molar-refractivity contribution in [2.24, 2.45) is 0 Å². The van der Waals surface area contributed by atoms with E-state index in [0.717, 1.165) is 11.1 Å². The van der Waals surface area contributed by atoms with Gasteiger partial charge in [0.05, 0.1) is 0 Å². The minimum absolute atomic E-state index is 0.161. The van der Waals surface area contributed by atoms with Crippen LogP contribution in [0.2, 0.25) is 0 Å². The molecule has 7 heteroatoms. The van der Waals surface area contributed by atoms with E-state index in [0.29, 0.717) is 13.0 Å². The lowest BCUT2D eigenvalue weighted by Gasteiger charge is -2.32. The second kappa shape index (κ2) is 10.5. The molecule has 0 spiro atoms. The van der Waals surface area contributed by atoms with Crippen LogP contribution in [0, 0.1) is 0 Å². The fraction of sp³-hybridized carbons (Fsp3) is 0.333. The van der Waals surface area contributed by atoms with Crippen molar-refractivity contribution in [3.8, 4) is 0 Å². The molecule has 1 aliphatic rings. The Morgan fingerprint density at radius 1 is 1.03 bits per heavy atom. The van der Waals surface area contributed by atoms with Crippen LogP contribution in [0.1, 0.15) is 30.9 Å². The molecule has 31 heavy (non-hydrogen) atoms. The maximum atomic E-state index is 13.4. The number of amides is 3. The number of rotatable bonds is 9. The van der Waals surface area contributed by atoms with Gasteiger partial charge < -0.3 is 15.5 Å². The molecular weight excluding hydrogens is 394 g/mol. The summed E-state index contributed by atoms with van der Waals surface area (Å²) in [5, 5.41) is 5.24. The molecule has 0 saturated carbocycles. The highest BCUT2D eigenvalue weighted by Crippen LogP contribution is 2.19. The Morgan fingerprint density at radius 2 is 1.65 bits per heavy atom. The van der Waals surface area contributed by atoms with Gasteiger partial charge in [-0.25, -0.2) is 0 Å². The summed E-state index contributed by atoms with van der Waals surface area (Å²) in [6.45, 7) is 2.21. The average molecular weight is 421 g/mol. The van der Waals surface area contributed by atoms with E-state index >= 15 is 0 Å². The minimum Gasteiger partial charge on any atom is -0.350 e. The van der Waals surface area contributed by atoms with Crippen LogP contribution < -0.4 is 10.6 Å². The first kappa shape index (κ1) is 22.2. The topological polar surface area (TPSA) is 95.6 Å². The van der Waals surface area contributed by atoms with Crippen molar-refractivity contribution in [1.29, 1.82) is 0 Å². The van der Waals surface area contributed by atoms with E-state index in [2.05, 4.69) is 10.6 Å². The third-order valence-electron chi connectivity index (χ3n) is 5.28. The molecule has 3 rings (SSSR count). The van der Waals surface area contributed by atoms with Crippen molar-refractivity contribution in [3.05, 3.63) is 71.8 Å². The summed E-state index contributed by atoms with van der Waals surface area (Å²) >= 11 is 0. The van der Waals surface area contributed by atoms with Gasteiger partial charge in [0.15, 0.2) is 0 Å². The summed E-state index contributed by atoms with van der Waals surface area (Å²) in [7, 11) is 0. The number of nitrogens with one attached hydrogen (secondary N) is 2. The van der Waals surface area contributed by atoms with Gasteiger partial charge in [0.25, 0.3) is 5.91 Å². The van der Waals surface area contributed by atoms with Crippen LogP contribution in [-0.2, 0) is 32.1 Å². The van der Waals surface area contributed by atoms with E-state index in [4.69, 9.17) is 0 Å². The zero-order valence-electron chi connectivity index (χ0n) is 17.5. The highest BCUT2D eigenvalue weighted by molar-refractivity contribution is 6.38. The summed E-state index contributed by atoms with van der Waals surface area (Å²) in [5.74, 6) is -1.93. The van der Waals surface area contributed by atoms with Crippen molar-refractivity contribution in [2.45, 2.75) is 44.8 Å². The summed E-state index contributed by atoms with van der Waals surface area (Å²) in [6.07, 6.45) is 0.843. The number of ketones is 1. The number of carbonyl (C=O) groups is 4. The second-order valence-corrected chi connectivity index (χ2v) is 7.54. The predicted octanol–water partition coefficient (Wildman–Crippen LogP) is 1.61. The van der Waals surface area contributed by atoms with Gasteiger partial charge in [0.1, 0.15) is 12.1 Å². The van der Waals surface area contributed by atoms with Crippen molar-refractivity contribution in [2.75, 3.05) is 6.54 Å². The number of hydrogen-bond acceptors (Lipinski definition) is 4. The molecule has 7 nitrogen and oxygen atoms in total. The van der Waals surface area contributed by atoms with Crippen LogP contribution in [0.3, 0.4) is 0 Å². The van der Waals surface area contributed by atoms with E-state index < -0.39 is 23.8 Å². The molecule has 0 radical (unpaired) electrons. The highest BCUT2D eigenvalue weighted by Gasteiger charge is 2.38. The molecule has 2 aromatic rings. The Balaban J connectivity index is 1.97. The zero-order chi connectivity index (χ0) is 22.2. The molecule has 1 fully saturated rings. The Labute approximate surface area is 181 Å². The van der Waals surface area contributed by atoms with E-state index in [9.17, 15) is 19.2 Å². The molecule has 0 aliphatic carbocycles. The van der Waals surface area contributed by atoms with E-state index in [1.54, 1.807) is 6.92 Å². The van der Waals surface area contributed by atoms with Gasteiger partial charge in [-0.05, 0) is 24.5 Å². The second-order valence-electron chi connectivity index (χ2n) is 7.54.